The van der Waals surface area contributed by atoms with Crippen LogP contribution in [0.3, 0.4) is 0 Å². The van der Waals surface area contributed by atoms with Crippen LogP contribution in [0.2, 0.25) is 0 Å². The Bertz CT molecular complexity index is 255. The van der Waals surface area contributed by atoms with Crippen molar-refractivity contribution in [3.05, 3.63) is 29.7 Å². The van der Waals surface area contributed by atoms with Crippen molar-refractivity contribution in [1.82, 2.24) is 0 Å². The van der Waals surface area contributed by atoms with Gasteiger partial charge in [-0.3, -0.25) is 0 Å². The predicted molar refractivity (Wildman–Crippen MR) is 42.1 cm³/mol. The number of ether oxygens (including phenoxy) is 1. The summed E-state index contributed by atoms with van der Waals surface area (Å²) in [4.78, 5) is 0. The van der Waals surface area contributed by atoms with E-state index in [-0.39, 0.29) is 0 Å². The third kappa shape index (κ3) is 1.52. The maximum Gasteiger partial charge on any atom is 0.126 e. The number of rotatable bonds is 2. The Morgan fingerprint density at radius 2 is 2.55 bits per heavy atom. The third-order valence-electron chi connectivity index (χ3n) is 1.75. The molecule has 0 amide bonds. The summed E-state index contributed by atoms with van der Waals surface area (Å²) in [5, 5.41) is 0. The van der Waals surface area contributed by atoms with Gasteiger partial charge in [0.1, 0.15) is 11.9 Å². The Morgan fingerprint density at radius 3 is 3.09 bits per heavy atom. The van der Waals surface area contributed by atoms with Crippen molar-refractivity contribution < 1.29 is 9.15 Å². The van der Waals surface area contributed by atoms with Crippen molar-refractivity contribution in [2.24, 2.45) is 0 Å². The molecule has 0 aliphatic carbocycles. The maximum atomic E-state index is 5.15. The first-order valence-corrected chi connectivity index (χ1v) is 3.69. The standard InChI is InChI=1S/C9H10O2/c1-7(9-6-11-9)5-8-3-2-4-10-8/h2-5,9H,6H2,1H3/b7-5+/t9-/m0/s1. The molecule has 2 heterocycles. The molecule has 0 spiro atoms. The van der Waals surface area contributed by atoms with Crippen LogP contribution in [-0.2, 0) is 4.74 Å². The van der Waals surface area contributed by atoms with E-state index < -0.39 is 0 Å². The van der Waals surface area contributed by atoms with Gasteiger partial charge in [0.25, 0.3) is 0 Å². The van der Waals surface area contributed by atoms with Crippen LogP contribution in [0.1, 0.15) is 12.7 Å². The normalized spacial score (nSPS) is 23.7. The molecule has 0 aromatic carbocycles. The quantitative estimate of drug-likeness (QED) is 0.603. The molecule has 0 unspecified atom stereocenters. The number of furan rings is 1. The van der Waals surface area contributed by atoms with E-state index in [1.54, 1.807) is 6.26 Å². The Labute approximate surface area is 65.5 Å². The minimum absolute atomic E-state index is 0.347. The largest absolute Gasteiger partial charge is 0.465 e. The lowest BCUT2D eigenvalue weighted by Gasteiger charge is -1.90. The molecule has 1 aliphatic rings. The second-order valence-electron chi connectivity index (χ2n) is 2.73. The van der Waals surface area contributed by atoms with Gasteiger partial charge in [0, 0.05) is 0 Å². The lowest BCUT2D eigenvalue weighted by molar-refractivity contribution is 0.432. The Hall–Kier alpha value is -1.02. The van der Waals surface area contributed by atoms with Crippen LogP contribution in [0, 0.1) is 0 Å². The van der Waals surface area contributed by atoms with Crippen molar-refractivity contribution >= 4 is 6.08 Å². The Balaban J connectivity index is 2.13. The Morgan fingerprint density at radius 1 is 1.73 bits per heavy atom. The van der Waals surface area contributed by atoms with Crippen molar-refractivity contribution in [3.63, 3.8) is 0 Å². The molecule has 1 fully saturated rings. The number of hydrogen-bond acceptors (Lipinski definition) is 2. The molecule has 0 saturated carbocycles. The number of epoxide rings is 1. The van der Waals surface area contributed by atoms with Crippen molar-refractivity contribution in [2.75, 3.05) is 6.61 Å². The first-order valence-electron chi connectivity index (χ1n) is 3.69. The highest BCUT2D eigenvalue weighted by Crippen LogP contribution is 2.21. The van der Waals surface area contributed by atoms with Crippen LogP contribution < -0.4 is 0 Å². The summed E-state index contributed by atoms with van der Waals surface area (Å²) in [5.41, 5.74) is 1.24. The highest BCUT2D eigenvalue weighted by molar-refractivity contribution is 5.48. The molecule has 2 nitrogen and oxygen atoms in total. The van der Waals surface area contributed by atoms with Crippen LogP contribution in [0.15, 0.2) is 28.4 Å². The van der Waals surface area contributed by atoms with Crippen LogP contribution in [0.4, 0.5) is 0 Å². The van der Waals surface area contributed by atoms with Crippen molar-refractivity contribution in [1.29, 1.82) is 0 Å². The molecule has 1 atom stereocenters. The summed E-state index contributed by atoms with van der Waals surface area (Å²) in [6.45, 7) is 2.92. The summed E-state index contributed by atoms with van der Waals surface area (Å²) in [6, 6.07) is 3.82. The molecule has 2 rings (SSSR count). The molecule has 0 radical (unpaired) electrons. The zero-order valence-electron chi connectivity index (χ0n) is 6.41. The van der Waals surface area contributed by atoms with Gasteiger partial charge in [0.2, 0.25) is 0 Å². The molecule has 11 heavy (non-hydrogen) atoms. The lowest BCUT2D eigenvalue weighted by Crippen LogP contribution is -1.84. The molecule has 0 bridgehead atoms. The summed E-state index contributed by atoms with van der Waals surface area (Å²) in [7, 11) is 0. The van der Waals surface area contributed by atoms with Gasteiger partial charge >= 0.3 is 0 Å². The van der Waals surface area contributed by atoms with Gasteiger partial charge in [-0.2, -0.15) is 0 Å². The van der Waals surface area contributed by atoms with Gasteiger partial charge < -0.3 is 9.15 Å². The summed E-state index contributed by atoms with van der Waals surface area (Å²) in [6.07, 6.45) is 4.03. The van der Waals surface area contributed by atoms with E-state index in [9.17, 15) is 0 Å². The maximum absolute atomic E-state index is 5.15. The van der Waals surface area contributed by atoms with Crippen LogP contribution in [0.5, 0.6) is 0 Å². The molecule has 1 aliphatic heterocycles. The lowest BCUT2D eigenvalue weighted by atomic mass is 10.2. The van der Waals surface area contributed by atoms with Crippen LogP contribution >= 0.6 is 0 Å². The van der Waals surface area contributed by atoms with Gasteiger partial charge in [0.05, 0.1) is 12.9 Å². The van der Waals surface area contributed by atoms with E-state index in [2.05, 4.69) is 6.92 Å². The molecule has 1 saturated heterocycles. The number of hydrogen-bond donors (Lipinski definition) is 0. The minimum atomic E-state index is 0.347. The zero-order valence-corrected chi connectivity index (χ0v) is 6.41. The highest BCUT2D eigenvalue weighted by atomic mass is 16.6. The SMILES string of the molecule is C/C(=C\c1ccco1)[C@@H]1CO1. The predicted octanol–water partition coefficient (Wildman–Crippen LogP) is 2.08. The van der Waals surface area contributed by atoms with Gasteiger partial charge in [0.15, 0.2) is 0 Å². The summed E-state index contributed by atoms with van der Waals surface area (Å²) in [5.74, 6) is 0.901. The average molecular weight is 150 g/mol. The fraction of sp³-hybridized carbons (Fsp3) is 0.333. The summed E-state index contributed by atoms with van der Waals surface area (Å²) < 4.78 is 10.3. The van der Waals surface area contributed by atoms with E-state index in [1.165, 1.54) is 5.57 Å². The molecular weight excluding hydrogens is 140 g/mol. The topological polar surface area (TPSA) is 25.7 Å². The van der Waals surface area contributed by atoms with E-state index in [4.69, 9.17) is 9.15 Å². The van der Waals surface area contributed by atoms with Gasteiger partial charge in [-0.15, -0.1) is 0 Å². The smallest absolute Gasteiger partial charge is 0.126 e. The fourth-order valence-electron chi connectivity index (χ4n) is 1.00. The van der Waals surface area contributed by atoms with Gasteiger partial charge in [-0.25, -0.2) is 0 Å². The second kappa shape index (κ2) is 2.55. The van der Waals surface area contributed by atoms with Gasteiger partial charge in [-0.1, -0.05) is 0 Å². The minimum Gasteiger partial charge on any atom is -0.465 e. The van der Waals surface area contributed by atoms with E-state index in [0.717, 1.165) is 12.4 Å². The van der Waals surface area contributed by atoms with Crippen molar-refractivity contribution in [2.45, 2.75) is 13.0 Å². The molecule has 2 heteroatoms. The fourth-order valence-corrected chi connectivity index (χ4v) is 1.00. The molecule has 1 aromatic rings. The molecule has 1 aromatic heterocycles. The van der Waals surface area contributed by atoms with Crippen LogP contribution in [0.25, 0.3) is 6.08 Å². The van der Waals surface area contributed by atoms with Crippen molar-refractivity contribution in [3.8, 4) is 0 Å². The molecule has 58 valence electrons. The summed E-state index contributed by atoms with van der Waals surface area (Å²) >= 11 is 0. The highest BCUT2D eigenvalue weighted by Gasteiger charge is 2.24. The zero-order chi connectivity index (χ0) is 7.68. The average Bonchev–Trinajstić information content (AvgIpc) is 2.73. The first kappa shape index (κ1) is 6.68. The molecule has 0 N–H and O–H groups in total. The second-order valence-corrected chi connectivity index (χ2v) is 2.73. The van der Waals surface area contributed by atoms with E-state index in [1.807, 2.05) is 18.2 Å². The van der Waals surface area contributed by atoms with Crippen LogP contribution in [-0.4, -0.2) is 12.7 Å². The Kier molecular flexibility index (Phi) is 1.55. The van der Waals surface area contributed by atoms with E-state index in [0.29, 0.717) is 6.10 Å². The first-order chi connectivity index (χ1) is 5.36. The van der Waals surface area contributed by atoms with E-state index >= 15 is 0 Å². The third-order valence-corrected chi connectivity index (χ3v) is 1.75. The van der Waals surface area contributed by atoms with Gasteiger partial charge in [-0.05, 0) is 30.7 Å². The molecular formula is C9H10O2. The monoisotopic (exact) mass is 150 g/mol.